The molecule has 0 radical (unpaired) electrons. The average molecular weight is 549 g/mol. The first-order valence-corrected chi connectivity index (χ1v) is 13.7. The van der Waals surface area contributed by atoms with Gasteiger partial charge in [-0.1, -0.05) is 39.0 Å². The predicted octanol–water partition coefficient (Wildman–Crippen LogP) is 5.77. The van der Waals surface area contributed by atoms with Crippen LogP contribution in [0.4, 0.5) is 5.69 Å². The number of nitro groups is 1. The zero-order valence-corrected chi connectivity index (χ0v) is 24.1. The molecule has 0 fully saturated rings. The summed E-state index contributed by atoms with van der Waals surface area (Å²) in [7, 11) is 1.64. The van der Waals surface area contributed by atoms with Crippen molar-refractivity contribution in [2.24, 2.45) is 5.92 Å². The predicted molar refractivity (Wildman–Crippen MR) is 155 cm³/mol. The topological polar surface area (TPSA) is 97.9 Å². The first-order valence-electron chi connectivity index (χ1n) is 13.7. The Morgan fingerprint density at radius 1 is 1.05 bits per heavy atom. The largest absolute Gasteiger partial charge is 0.497 e. The lowest BCUT2D eigenvalue weighted by Gasteiger charge is -2.32. The smallest absolute Gasteiger partial charge is 0.270 e. The molecule has 0 bridgehead atoms. The van der Waals surface area contributed by atoms with Crippen LogP contribution in [0.2, 0.25) is 0 Å². The monoisotopic (exact) mass is 548 g/mol. The Hall–Kier alpha value is -4.14. The standard InChI is InChI=1S/C31H40N4O5/c1-6-24(4)34(21-28-13-9-16-32(28)20-25-10-7-14-29(18-25)40-5)30(36)22-33(17-15-23(2)3)31(37)26-11-8-12-27(19-26)35(38)39/h7-14,16,18-19,23-24H,6,15,17,20-22H2,1-5H3. The summed E-state index contributed by atoms with van der Waals surface area (Å²) >= 11 is 0. The van der Waals surface area contributed by atoms with Crippen molar-refractivity contribution in [1.29, 1.82) is 0 Å². The Morgan fingerprint density at radius 2 is 1.80 bits per heavy atom. The molecular weight excluding hydrogens is 508 g/mol. The molecule has 1 unspecified atom stereocenters. The third kappa shape index (κ3) is 8.18. The van der Waals surface area contributed by atoms with Crippen molar-refractivity contribution in [3.63, 3.8) is 0 Å². The lowest BCUT2D eigenvalue weighted by Crippen LogP contribution is -2.46. The third-order valence-electron chi connectivity index (χ3n) is 7.08. The summed E-state index contributed by atoms with van der Waals surface area (Å²) in [4.78, 5) is 41.4. The lowest BCUT2D eigenvalue weighted by atomic mass is 10.1. The summed E-state index contributed by atoms with van der Waals surface area (Å²) in [5, 5.41) is 11.3. The van der Waals surface area contributed by atoms with Crippen molar-refractivity contribution >= 4 is 17.5 Å². The van der Waals surface area contributed by atoms with Gasteiger partial charge in [0, 0.05) is 48.7 Å². The molecule has 0 N–H and O–H groups in total. The van der Waals surface area contributed by atoms with Gasteiger partial charge in [0.1, 0.15) is 12.3 Å². The van der Waals surface area contributed by atoms with Gasteiger partial charge in [-0.15, -0.1) is 0 Å². The van der Waals surface area contributed by atoms with Crippen LogP contribution < -0.4 is 4.74 Å². The van der Waals surface area contributed by atoms with Gasteiger partial charge in [0.05, 0.1) is 18.6 Å². The van der Waals surface area contributed by atoms with Crippen LogP contribution in [-0.2, 0) is 17.9 Å². The molecule has 0 saturated carbocycles. The summed E-state index contributed by atoms with van der Waals surface area (Å²) in [6, 6.07) is 17.5. The number of aromatic nitrogens is 1. The molecule has 1 aromatic heterocycles. The normalized spacial score (nSPS) is 11.8. The molecule has 0 spiro atoms. The van der Waals surface area contributed by atoms with Gasteiger partial charge >= 0.3 is 0 Å². The van der Waals surface area contributed by atoms with Gasteiger partial charge in [-0.25, -0.2) is 0 Å². The summed E-state index contributed by atoms with van der Waals surface area (Å²) < 4.78 is 7.47. The average Bonchev–Trinajstić information content (AvgIpc) is 3.39. The molecule has 40 heavy (non-hydrogen) atoms. The number of nitrogens with zero attached hydrogens (tertiary/aromatic N) is 4. The molecule has 214 valence electrons. The Morgan fingerprint density at radius 3 is 2.48 bits per heavy atom. The highest BCUT2D eigenvalue weighted by molar-refractivity contribution is 5.97. The van der Waals surface area contributed by atoms with Crippen LogP contribution in [0.1, 0.15) is 62.2 Å². The van der Waals surface area contributed by atoms with Crippen molar-refractivity contribution in [1.82, 2.24) is 14.4 Å². The van der Waals surface area contributed by atoms with Crippen LogP contribution in [0.5, 0.6) is 5.75 Å². The van der Waals surface area contributed by atoms with Crippen LogP contribution in [0.3, 0.4) is 0 Å². The quantitative estimate of drug-likeness (QED) is 0.188. The van der Waals surface area contributed by atoms with Gasteiger partial charge in [-0.3, -0.25) is 19.7 Å². The van der Waals surface area contributed by atoms with E-state index in [1.807, 2.05) is 61.3 Å². The maximum atomic E-state index is 13.8. The number of ether oxygens (including phenoxy) is 1. The van der Waals surface area contributed by atoms with Crippen molar-refractivity contribution in [2.75, 3.05) is 20.2 Å². The van der Waals surface area contributed by atoms with E-state index in [2.05, 4.69) is 18.4 Å². The SMILES string of the molecule is CCC(C)N(Cc1cccn1Cc1cccc(OC)c1)C(=O)CN(CCC(C)C)C(=O)c1cccc([N+](=O)[O-])c1. The first-order chi connectivity index (χ1) is 19.1. The van der Waals surface area contributed by atoms with Crippen LogP contribution in [0.15, 0.2) is 66.9 Å². The van der Waals surface area contributed by atoms with Gasteiger partial charge in [0.25, 0.3) is 11.6 Å². The Bertz CT molecular complexity index is 1300. The van der Waals surface area contributed by atoms with Crippen LogP contribution >= 0.6 is 0 Å². The second-order valence-corrected chi connectivity index (χ2v) is 10.5. The molecule has 1 atom stereocenters. The summed E-state index contributed by atoms with van der Waals surface area (Å²) in [5.41, 5.74) is 2.11. The van der Waals surface area contributed by atoms with Crippen molar-refractivity contribution in [3.8, 4) is 5.75 Å². The van der Waals surface area contributed by atoms with E-state index >= 15 is 0 Å². The van der Waals surface area contributed by atoms with E-state index in [0.717, 1.165) is 23.4 Å². The van der Waals surface area contributed by atoms with E-state index in [4.69, 9.17) is 4.74 Å². The number of non-ortho nitro benzene ring substituents is 1. The molecule has 3 aromatic rings. The van der Waals surface area contributed by atoms with E-state index in [9.17, 15) is 19.7 Å². The van der Waals surface area contributed by atoms with E-state index in [-0.39, 0.29) is 35.7 Å². The molecule has 0 saturated heterocycles. The number of benzene rings is 2. The second kappa shape index (κ2) is 14.3. The number of methoxy groups -OCH3 is 1. The van der Waals surface area contributed by atoms with Crippen LogP contribution in [-0.4, -0.2) is 57.3 Å². The van der Waals surface area contributed by atoms with Gasteiger partial charge in [-0.05, 0) is 61.6 Å². The minimum Gasteiger partial charge on any atom is -0.497 e. The fourth-order valence-electron chi connectivity index (χ4n) is 4.46. The number of carbonyl (C=O) groups excluding carboxylic acids is 2. The maximum Gasteiger partial charge on any atom is 0.270 e. The number of amides is 2. The van der Waals surface area contributed by atoms with Gasteiger partial charge in [0.15, 0.2) is 0 Å². The maximum absolute atomic E-state index is 13.8. The number of nitro benzene ring substituents is 1. The third-order valence-corrected chi connectivity index (χ3v) is 7.08. The second-order valence-electron chi connectivity index (χ2n) is 10.5. The zero-order chi connectivity index (χ0) is 29.2. The Kier molecular flexibility index (Phi) is 10.9. The van der Waals surface area contributed by atoms with Gasteiger partial charge in [0.2, 0.25) is 5.91 Å². The van der Waals surface area contributed by atoms with Crippen LogP contribution in [0.25, 0.3) is 0 Å². The number of rotatable bonds is 14. The lowest BCUT2D eigenvalue weighted by molar-refractivity contribution is -0.384. The highest BCUT2D eigenvalue weighted by Crippen LogP contribution is 2.19. The van der Waals surface area contributed by atoms with Crippen molar-refractivity contribution in [3.05, 3.63) is 93.8 Å². The van der Waals surface area contributed by atoms with Gasteiger partial charge < -0.3 is 19.1 Å². The van der Waals surface area contributed by atoms with Gasteiger partial charge in [-0.2, -0.15) is 0 Å². The fourth-order valence-corrected chi connectivity index (χ4v) is 4.46. The summed E-state index contributed by atoms with van der Waals surface area (Å²) in [6.07, 6.45) is 3.46. The Balaban J connectivity index is 1.83. The van der Waals surface area contributed by atoms with E-state index < -0.39 is 4.92 Å². The summed E-state index contributed by atoms with van der Waals surface area (Å²) in [5.74, 6) is 0.563. The van der Waals surface area contributed by atoms with E-state index in [1.54, 1.807) is 13.2 Å². The molecule has 0 aliphatic carbocycles. The molecule has 9 heteroatoms. The molecular formula is C31H40N4O5. The molecule has 1 heterocycles. The molecule has 3 rings (SSSR count). The number of hydrogen-bond acceptors (Lipinski definition) is 5. The molecule has 2 aromatic carbocycles. The van der Waals surface area contributed by atoms with Crippen molar-refractivity contribution < 1.29 is 19.2 Å². The molecule has 0 aliphatic rings. The van der Waals surface area contributed by atoms with E-state index in [0.29, 0.717) is 32.0 Å². The highest BCUT2D eigenvalue weighted by atomic mass is 16.6. The molecule has 0 aliphatic heterocycles. The number of carbonyl (C=O) groups is 2. The summed E-state index contributed by atoms with van der Waals surface area (Å²) in [6.45, 7) is 9.46. The fraction of sp³-hybridized carbons (Fsp3) is 0.419. The Labute approximate surface area is 236 Å². The highest BCUT2D eigenvalue weighted by Gasteiger charge is 2.26. The number of hydrogen-bond donors (Lipinski definition) is 0. The van der Waals surface area contributed by atoms with E-state index in [1.165, 1.54) is 23.1 Å². The van der Waals surface area contributed by atoms with Crippen molar-refractivity contribution in [2.45, 2.75) is 59.7 Å². The minimum atomic E-state index is -0.522. The molecule has 2 amide bonds. The molecule has 9 nitrogen and oxygen atoms in total. The zero-order valence-electron chi connectivity index (χ0n) is 24.1. The minimum absolute atomic E-state index is 0.0486. The first kappa shape index (κ1) is 30.4. The van der Waals surface area contributed by atoms with Crippen LogP contribution in [0, 0.1) is 16.0 Å².